The van der Waals surface area contributed by atoms with Gasteiger partial charge < -0.3 is 10.1 Å². The Morgan fingerprint density at radius 2 is 1.77 bits per heavy atom. The fourth-order valence-corrected chi connectivity index (χ4v) is 2.11. The van der Waals surface area contributed by atoms with Crippen molar-refractivity contribution in [2.24, 2.45) is 0 Å². The largest absolute Gasteiger partial charge is 0.454 e. The second-order valence-corrected chi connectivity index (χ2v) is 5.98. The molecule has 0 saturated carbocycles. The Balaban J connectivity index is 1.74. The van der Waals surface area contributed by atoms with Crippen molar-refractivity contribution >= 4 is 29.7 Å². The van der Waals surface area contributed by atoms with Crippen molar-refractivity contribution in [2.45, 2.75) is 19.4 Å². The maximum atomic E-state index is 11.9. The quantitative estimate of drug-likeness (QED) is 0.361. The summed E-state index contributed by atoms with van der Waals surface area (Å²) < 4.78 is 4.69. The van der Waals surface area contributed by atoms with Crippen molar-refractivity contribution in [3.05, 3.63) is 35.9 Å². The number of carbonyl (C=O) groups excluding carboxylic acids is 5. The minimum Gasteiger partial charge on any atom is -0.454 e. The number of hydrogen-bond donors (Lipinski definition) is 3. The Morgan fingerprint density at radius 1 is 1.12 bits per heavy atom. The van der Waals surface area contributed by atoms with Gasteiger partial charge in [0.25, 0.3) is 17.7 Å². The number of amides is 5. The van der Waals surface area contributed by atoms with Crippen LogP contribution in [0.3, 0.4) is 0 Å². The van der Waals surface area contributed by atoms with E-state index in [1.165, 1.54) is 13.8 Å². The molecule has 26 heavy (non-hydrogen) atoms. The number of ether oxygens (including phenoxy) is 1. The van der Waals surface area contributed by atoms with Gasteiger partial charge in [-0.05, 0) is 26.0 Å². The number of esters is 1. The van der Waals surface area contributed by atoms with E-state index in [2.05, 4.69) is 16.2 Å². The summed E-state index contributed by atoms with van der Waals surface area (Å²) >= 11 is 0. The highest BCUT2D eigenvalue weighted by molar-refractivity contribution is 6.08. The normalized spacial score (nSPS) is 15.2. The van der Waals surface area contributed by atoms with Crippen LogP contribution < -0.4 is 16.2 Å². The molecule has 1 aromatic rings. The van der Waals surface area contributed by atoms with Crippen LogP contribution >= 0.6 is 0 Å². The third-order valence-electron chi connectivity index (χ3n) is 3.45. The molecule has 1 saturated heterocycles. The molecule has 0 atom stereocenters. The van der Waals surface area contributed by atoms with Gasteiger partial charge in [0.15, 0.2) is 6.61 Å². The summed E-state index contributed by atoms with van der Waals surface area (Å²) in [5.74, 6) is -2.82. The number of imide groups is 1. The fraction of sp³-hybridized carbons (Fsp3) is 0.312. The third kappa shape index (κ3) is 4.56. The Bertz CT molecular complexity index is 746. The SMILES string of the molecule is CC1(C)NC(=O)N(CC(=O)OCC(=O)NNC(=O)c2ccccc2)C1=O. The second-order valence-electron chi connectivity index (χ2n) is 5.98. The monoisotopic (exact) mass is 362 g/mol. The van der Waals surface area contributed by atoms with Crippen molar-refractivity contribution in [3.63, 3.8) is 0 Å². The molecule has 0 bridgehead atoms. The maximum absolute atomic E-state index is 11.9. The molecule has 10 nitrogen and oxygen atoms in total. The molecular weight excluding hydrogens is 344 g/mol. The fourth-order valence-electron chi connectivity index (χ4n) is 2.11. The van der Waals surface area contributed by atoms with Gasteiger partial charge in [0, 0.05) is 5.56 Å². The highest BCUT2D eigenvalue weighted by Crippen LogP contribution is 2.16. The van der Waals surface area contributed by atoms with E-state index in [0.717, 1.165) is 0 Å². The molecule has 0 unspecified atom stereocenters. The molecule has 1 heterocycles. The number of nitrogens with one attached hydrogen (secondary N) is 3. The molecule has 0 aromatic heterocycles. The van der Waals surface area contributed by atoms with E-state index in [1.807, 2.05) is 0 Å². The Kier molecular flexibility index (Phi) is 5.55. The Morgan fingerprint density at radius 3 is 2.35 bits per heavy atom. The zero-order valence-electron chi connectivity index (χ0n) is 14.2. The number of rotatable bonds is 5. The number of hydrazine groups is 1. The van der Waals surface area contributed by atoms with E-state index in [-0.39, 0.29) is 0 Å². The van der Waals surface area contributed by atoms with Crippen molar-refractivity contribution in [2.75, 3.05) is 13.2 Å². The predicted molar refractivity (Wildman–Crippen MR) is 87.3 cm³/mol. The van der Waals surface area contributed by atoms with Crippen LogP contribution in [-0.2, 0) is 19.1 Å². The Hall–Kier alpha value is -3.43. The van der Waals surface area contributed by atoms with E-state index in [4.69, 9.17) is 4.74 Å². The van der Waals surface area contributed by atoms with Crippen molar-refractivity contribution in [3.8, 4) is 0 Å². The first-order valence-electron chi connectivity index (χ1n) is 7.64. The standard InChI is InChI=1S/C16H18N4O6/c1-16(2)14(24)20(15(25)17-16)8-12(22)26-9-11(21)18-19-13(23)10-6-4-3-5-7-10/h3-7H,8-9H2,1-2H3,(H,17,25)(H,18,21)(H,19,23). The van der Waals surface area contributed by atoms with E-state index >= 15 is 0 Å². The third-order valence-corrected chi connectivity index (χ3v) is 3.45. The summed E-state index contributed by atoms with van der Waals surface area (Å²) in [5.41, 5.74) is 3.49. The summed E-state index contributed by atoms with van der Waals surface area (Å²) in [4.78, 5) is 59.3. The average Bonchev–Trinajstić information content (AvgIpc) is 2.80. The van der Waals surface area contributed by atoms with Crippen LogP contribution in [0.5, 0.6) is 0 Å². The molecule has 1 aliphatic rings. The van der Waals surface area contributed by atoms with Crippen molar-refractivity contribution in [1.82, 2.24) is 21.1 Å². The van der Waals surface area contributed by atoms with Gasteiger partial charge in [0.1, 0.15) is 12.1 Å². The first kappa shape index (κ1) is 18.9. The minimum absolute atomic E-state index is 0.339. The van der Waals surface area contributed by atoms with Crippen LogP contribution in [-0.4, -0.2) is 53.3 Å². The van der Waals surface area contributed by atoms with Crippen LogP contribution in [0.15, 0.2) is 30.3 Å². The summed E-state index contributed by atoms with van der Waals surface area (Å²) in [5, 5.41) is 2.41. The van der Waals surface area contributed by atoms with Crippen LogP contribution in [0.2, 0.25) is 0 Å². The van der Waals surface area contributed by atoms with Gasteiger partial charge in [-0.2, -0.15) is 0 Å². The lowest BCUT2D eigenvalue weighted by Gasteiger charge is -2.15. The highest BCUT2D eigenvalue weighted by atomic mass is 16.5. The summed E-state index contributed by atoms with van der Waals surface area (Å²) in [6.45, 7) is 1.71. The van der Waals surface area contributed by atoms with E-state index in [9.17, 15) is 24.0 Å². The molecule has 10 heteroatoms. The van der Waals surface area contributed by atoms with Crippen LogP contribution in [0, 0.1) is 0 Å². The maximum Gasteiger partial charge on any atom is 0.326 e. The second kappa shape index (κ2) is 7.64. The Labute approximate surface area is 148 Å². The van der Waals surface area contributed by atoms with E-state index in [1.54, 1.807) is 30.3 Å². The summed E-state index contributed by atoms with van der Waals surface area (Å²) in [7, 11) is 0. The first-order chi connectivity index (χ1) is 12.2. The molecule has 0 aliphatic carbocycles. The smallest absolute Gasteiger partial charge is 0.326 e. The number of carbonyl (C=O) groups is 5. The zero-order valence-corrected chi connectivity index (χ0v) is 14.2. The molecule has 2 rings (SSSR count). The zero-order chi connectivity index (χ0) is 19.3. The molecule has 0 spiro atoms. The van der Waals surface area contributed by atoms with Gasteiger partial charge in [-0.15, -0.1) is 0 Å². The van der Waals surface area contributed by atoms with Gasteiger partial charge >= 0.3 is 12.0 Å². The van der Waals surface area contributed by atoms with Gasteiger partial charge in [-0.3, -0.25) is 34.9 Å². The number of benzene rings is 1. The molecule has 1 aromatic carbocycles. The molecule has 0 radical (unpaired) electrons. The highest BCUT2D eigenvalue weighted by Gasteiger charge is 2.45. The molecule has 1 aliphatic heterocycles. The number of hydrogen-bond acceptors (Lipinski definition) is 6. The number of nitrogens with zero attached hydrogens (tertiary/aromatic N) is 1. The first-order valence-corrected chi connectivity index (χ1v) is 7.64. The molecule has 138 valence electrons. The van der Waals surface area contributed by atoms with Crippen molar-refractivity contribution < 1.29 is 28.7 Å². The summed E-state index contributed by atoms with van der Waals surface area (Å²) in [6.07, 6.45) is 0. The molecular formula is C16H18N4O6. The lowest BCUT2D eigenvalue weighted by Crippen LogP contribution is -2.44. The lowest BCUT2D eigenvalue weighted by molar-refractivity contribution is -0.151. The number of urea groups is 1. The lowest BCUT2D eigenvalue weighted by atomic mass is 10.1. The van der Waals surface area contributed by atoms with Crippen LogP contribution in [0.25, 0.3) is 0 Å². The van der Waals surface area contributed by atoms with Gasteiger partial charge in [0.2, 0.25) is 0 Å². The van der Waals surface area contributed by atoms with E-state index in [0.29, 0.717) is 10.5 Å². The predicted octanol–water partition coefficient (Wildman–Crippen LogP) is -0.679. The van der Waals surface area contributed by atoms with Crippen LogP contribution in [0.4, 0.5) is 4.79 Å². The van der Waals surface area contributed by atoms with Gasteiger partial charge in [0.05, 0.1) is 0 Å². The summed E-state index contributed by atoms with van der Waals surface area (Å²) in [6, 6.07) is 7.46. The molecule has 3 N–H and O–H groups in total. The molecule has 1 fully saturated rings. The van der Waals surface area contributed by atoms with E-state index < -0.39 is 48.4 Å². The van der Waals surface area contributed by atoms with Crippen LogP contribution in [0.1, 0.15) is 24.2 Å². The minimum atomic E-state index is -1.10. The molecule has 5 amide bonds. The van der Waals surface area contributed by atoms with Crippen molar-refractivity contribution in [1.29, 1.82) is 0 Å². The van der Waals surface area contributed by atoms with Gasteiger partial charge in [-0.1, -0.05) is 18.2 Å². The average molecular weight is 362 g/mol. The van der Waals surface area contributed by atoms with Gasteiger partial charge in [-0.25, -0.2) is 4.79 Å². The topological polar surface area (TPSA) is 134 Å².